The van der Waals surface area contributed by atoms with Crippen molar-refractivity contribution < 1.29 is 0 Å². The van der Waals surface area contributed by atoms with Crippen molar-refractivity contribution in [2.45, 2.75) is 31.8 Å². The molecule has 4 heteroatoms. The molecule has 1 fully saturated rings. The third-order valence-electron chi connectivity index (χ3n) is 3.51. The summed E-state index contributed by atoms with van der Waals surface area (Å²) in [6, 6.07) is 8.89. The molecule has 0 saturated carbocycles. The topological polar surface area (TPSA) is 15.3 Å². The van der Waals surface area contributed by atoms with E-state index in [1.807, 2.05) is 12.1 Å². The first-order valence-electron chi connectivity index (χ1n) is 6.41. The van der Waals surface area contributed by atoms with Crippen LogP contribution < -0.4 is 5.32 Å². The number of nitrogens with zero attached hydrogens (tertiary/aromatic N) is 1. The molecule has 0 aromatic heterocycles. The Morgan fingerprint density at radius 2 is 1.94 bits per heavy atom. The lowest BCUT2D eigenvalue weighted by Crippen LogP contribution is -2.31. The highest BCUT2D eigenvalue weighted by Gasteiger charge is 2.16. The first-order chi connectivity index (χ1) is 8.25. The fourth-order valence-electron chi connectivity index (χ4n) is 2.45. The van der Waals surface area contributed by atoms with E-state index in [4.69, 9.17) is 11.6 Å². The molecule has 102 valence electrons. The summed E-state index contributed by atoms with van der Waals surface area (Å²) in [5, 5.41) is 4.27. The quantitative estimate of drug-likeness (QED) is 0.918. The van der Waals surface area contributed by atoms with E-state index in [-0.39, 0.29) is 12.4 Å². The molecule has 0 amide bonds. The number of halogens is 2. The fraction of sp³-hybridized carbons (Fsp3) is 0.571. The molecule has 1 aromatic rings. The predicted octanol–water partition coefficient (Wildman–Crippen LogP) is 3.34. The normalized spacial score (nSPS) is 20.3. The van der Waals surface area contributed by atoms with Gasteiger partial charge in [0.05, 0.1) is 0 Å². The van der Waals surface area contributed by atoms with Crippen LogP contribution in [0.15, 0.2) is 24.3 Å². The van der Waals surface area contributed by atoms with Crippen LogP contribution in [-0.4, -0.2) is 31.1 Å². The summed E-state index contributed by atoms with van der Waals surface area (Å²) >= 11 is 5.90. The Balaban J connectivity index is 0.00000162. The van der Waals surface area contributed by atoms with Gasteiger partial charge in [0.25, 0.3) is 0 Å². The van der Waals surface area contributed by atoms with E-state index < -0.39 is 0 Å². The predicted molar refractivity (Wildman–Crippen MR) is 80.7 cm³/mol. The molecule has 1 atom stereocenters. The molecule has 0 bridgehead atoms. The molecule has 0 radical (unpaired) electrons. The average molecular weight is 289 g/mol. The molecule has 1 aliphatic rings. The van der Waals surface area contributed by atoms with Crippen molar-refractivity contribution in [3.05, 3.63) is 34.9 Å². The Morgan fingerprint density at radius 1 is 1.22 bits per heavy atom. The molecule has 1 unspecified atom stereocenters. The SMILES string of the molecule is CN(Cc1ccc(Cl)cc1)C1CCCNCC1.Cl. The first kappa shape index (κ1) is 15.8. The summed E-state index contributed by atoms with van der Waals surface area (Å²) in [5.74, 6) is 0. The van der Waals surface area contributed by atoms with E-state index in [0.29, 0.717) is 6.04 Å². The maximum atomic E-state index is 5.90. The van der Waals surface area contributed by atoms with Gasteiger partial charge in [0, 0.05) is 17.6 Å². The molecule has 1 aromatic carbocycles. The fourth-order valence-corrected chi connectivity index (χ4v) is 2.57. The van der Waals surface area contributed by atoms with Crippen LogP contribution in [0.3, 0.4) is 0 Å². The number of hydrogen-bond acceptors (Lipinski definition) is 2. The highest BCUT2D eigenvalue weighted by molar-refractivity contribution is 6.30. The standard InChI is InChI=1S/C14H21ClN2.ClH/c1-17(14-3-2-9-16-10-8-14)11-12-4-6-13(15)7-5-12;/h4-7,14,16H,2-3,8-11H2,1H3;1H. The summed E-state index contributed by atoms with van der Waals surface area (Å²) in [6.45, 7) is 3.34. The maximum absolute atomic E-state index is 5.90. The van der Waals surface area contributed by atoms with Crippen LogP contribution >= 0.6 is 24.0 Å². The minimum absolute atomic E-state index is 0. The number of nitrogens with one attached hydrogen (secondary N) is 1. The van der Waals surface area contributed by atoms with Crippen molar-refractivity contribution in [2.24, 2.45) is 0 Å². The van der Waals surface area contributed by atoms with Crippen LogP contribution in [0.25, 0.3) is 0 Å². The zero-order valence-electron chi connectivity index (χ0n) is 10.9. The van der Waals surface area contributed by atoms with Gasteiger partial charge in [-0.05, 0) is 57.1 Å². The van der Waals surface area contributed by atoms with E-state index >= 15 is 0 Å². The van der Waals surface area contributed by atoms with E-state index in [2.05, 4.69) is 29.4 Å². The van der Waals surface area contributed by atoms with Crippen molar-refractivity contribution in [3.63, 3.8) is 0 Å². The van der Waals surface area contributed by atoms with E-state index in [1.165, 1.54) is 31.4 Å². The van der Waals surface area contributed by atoms with Crippen molar-refractivity contribution in [3.8, 4) is 0 Å². The van der Waals surface area contributed by atoms with Gasteiger partial charge >= 0.3 is 0 Å². The second-order valence-electron chi connectivity index (χ2n) is 4.88. The van der Waals surface area contributed by atoms with Gasteiger partial charge in [-0.25, -0.2) is 0 Å². The zero-order chi connectivity index (χ0) is 12.1. The Kier molecular flexibility index (Phi) is 7.02. The van der Waals surface area contributed by atoms with Crippen molar-refractivity contribution in [2.75, 3.05) is 20.1 Å². The Morgan fingerprint density at radius 3 is 2.67 bits per heavy atom. The molecule has 0 aliphatic carbocycles. The second-order valence-corrected chi connectivity index (χ2v) is 5.31. The van der Waals surface area contributed by atoms with Crippen molar-refractivity contribution >= 4 is 24.0 Å². The van der Waals surface area contributed by atoms with Crippen molar-refractivity contribution in [1.82, 2.24) is 10.2 Å². The Hall–Kier alpha value is -0.280. The largest absolute Gasteiger partial charge is 0.317 e. The van der Waals surface area contributed by atoms with Gasteiger partial charge in [0.1, 0.15) is 0 Å². The van der Waals surface area contributed by atoms with Crippen molar-refractivity contribution in [1.29, 1.82) is 0 Å². The zero-order valence-corrected chi connectivity index (χ0v) is 12.4. The third-order valence-corrected chi connectivity index (χ3v) is 3.77. The minimum atomic E-state index is 0. The number of hydrogen-bond donors (Lipinski definition) is 1. The molecule has 1 heterocycles. The highest BCUT2D eigenvalue weighted by atomic mass is 35.5. The van der Waals surface area contributed by atoms with Gasteiger partial charge < -0.3 is 5.32 Å². The molecular weight excluding hydrogens is 267 g/mol. The molecule has 1 saturated heterocycles. The van der Waals surface area contributed by atoms with E-state index in [9.17, 15) is 0 Å². The lowest BCUT2D eigenvalue weighted by molar-refractivity contribution is 0.216. The summed E-state index contributed by atoms with van der Waals surface area (Å²) in [7, 11) is 2.23. The van der Waals surface area contributed by atoms with Crippen LogP contribution in [0.5, 0.6) is 0 Å². The van der Waals surface area contributed by atoms with Gasteiger partial charge in [-0.3, -0.25) is 4.90 Å². The second kappa shape index (κ2) is 8.00. The number of benzene rings is 1. The molecule has 2 nitrogen and oxygen atoms in total. The van der Waals surface area contributed by atoms with Crippen LogP contribution in [0.4, 0.5) is 0 Å². The van der Waals surface area contributed by atoms with Gasteiger partial charge in [-0.1, -0.05) is 23.7 Å². The van der Waals surface area contributed by atoms with Gasteiger partial charge in [0.2, 0.25) is 0 Å². The number of rotatable bonds is 3. The van der Waals surface area contributed by atoms with Crippen LogP contribution in [0.2, 0.25) is 5.02 Å². The van der Waals surface area contributed by atoms with E-state index in [1.54, 1.807) is 0 Å². The van der Waals surface area contributed by atoms with Crippen LogP contribution in [0.1, 0.15) is 24.8 Å². The Bertz CT molecular complexity index is 332. The summed E-state index contributed by atoms with van der Waals surface area (Å²) in [5.41, 5.74) is 1.34. The first-order valence-corrected chi connectivity index (χ1v) is 6.79. The van der Waals surface area contributed by atoms with Gasteiger partial charge in [0.15, 0.2) is 0 Å². The highest BCUT2D eigenvalue weighted by Crippen LogP contribution is 2.16. The maximum Gasteiger partial charge on any atom is 0.0406 e. The summed E-state index contributed by atoms with van der Waals surface area (Å²) in [6.07, 6.45) is 3.84. The smallest absolute Gasteiger partial charge is 0.0406 e. The summed E-state index contributed by atoms with van der Waals surface area (Å²) in [4.78, 5) is 2.47. The van der Waals surface area contributed by atoms with E-state index in [0.717, 1.165) is 18.1 Å². The molecule has 0 spiro atoms. The lowest BCUT2D eigenvalue weighted by Gasteiger charge is -2.26. The van der Waals surface area contributed by atoms with Gasteiger partial charge in [-0.2, -0.15) is 0 Å². The van der Waals surface area contributed by atoms with Gasteiger partial charge in [-0.15, -0.1) is 12.4 Å². The van der Waals surface area contributed by atoms with Crippen LogP contribution in [-0.2, 0) is 6.54 Å². The molecule has 18 heavy (non-hydrogen) atoms. The lowest BCUT2D eigenvalue weighted by atomic mass is 10.1. The molecular formula is C14H22Cl2N2. The average Bonchev–Trinajstić information content (AvgIpc) is 2.61. The Labute approximate surface area is 121 Å². The third kappa shape index (κ3) is 4.77. The molecule has 2 rings (SSSR count). The molecule has 1 N–H and O–H groups in total. The van der Waals surface area contributed by atoms with Crippen LogP contribution in [0, 0.1) is 0 Å². The minimum Gasteiger partial charge on any atom is -0.317 e. The summed E-state index contributed by atoms with van der Waals surface area (Å²) < 4.78 is 0. The monoisotopic (exact) mass is 288 g/mol. The molecule has 1 aliphatic heterocycles.